The lowest BCUT2D eigenvalue weighted by Crippen LogP contribution is -2.51. The minimum absolute atomic E-state index is 0.173. The predicted molar refractivity (Wildman–Crippen MR) is 79.7 cm³/mol. The van der Waals surface area contributed by atoms with Crippen LogP contribution in [0.25, 0.3) is 0 Å². The van der Waals surface area contributed by atoms with E-state index in [2.05, 4.69) is 39.6 Å². The molecule has 0 amide bonds. The molecule has 1 aliphatic rings. The summed E-state index contributed by atoms with van der Waals surface area (Å²) in [6.45, 7) is 7.95. The Morgan fingerprint density at radius 2 is 2.21 bits per heavy atom. The van der Waals surface area contributed by atoms with E-state index in [-0.39, 0.29) is 10.6 Å². The molecular formula is C13H18BrN3O2. The summed E-state index contributed by atoms with van der Waals surface area (Å²) in [5, 5.41) is 11.2. The lowest BCUT2D eigenvalue weighted by molar-refractivity contribution is -0.384. The third kappa shape index (κ3) is 3.06. The van der Waals surface area contributed by atoms with Gasteiger partial charge in [-0.1, -0.05) is 22.9 Å². The van der Waals surface area contributed by atoms with Gasteiger partial charge in [0.2, 0.25) is 0 Å². The summed E-state index contributed by atoms with van der Waals surface area (Å²) in [6.07, 6.45) is 0. The van der Waals surface area contributed by atoms with Crippen LogP contribution < -0.4 is 4.90 Å². The van der Waals surface area contributed by atoms with Gasteiger partial charge in [-0.05, 0) is 25.6 Å². The first-order chi connectivity index (χ1) is 9.02. The Morgan fingerprint density at radius 3 is 2.79 bits per heavy atom. The molecule has 2 rings (SSSR count). The molecule has 0 saturated carbocycles. The van der Waals surface area contributed by atoms with Crippen LogP contribution in [0.15, 0.2) is 22.7 Å². The maximum absolute atomic E-state index is 11.2. The number of nitrogens with zero attached hydrogens (tertiary/aromatic N) is 3. The molecule has 1 aliphatic heterocycles. The zero-order chi connectivity index (χ0) is 14.0. The van der Waals surface area contributed by atoms with Gasteiger partial charge in [-0.2, -0.15) is 0 Å². The molecule has 6 heteroatoms. The highest BCUT2D eigenvalue weighted by molar-refractivity contribution is 9.10. The van der Waals surface area contributed by atoms with Gasteiger partial charge in [0.1, 0.15) is 5.69 Å². The summed E-state index contributed by atoms with van der Waals surface area (Å²) >= 11 is 3.29. The molecule has 1 heterocycles. The number of anilines is 1. The number of nitro benzene ring substituents is 1. The van der Waals surface area contributed by atoms with E-state index in [1.54, 1.807) is 6.07 Å². The Kier molecular flexibility index (Phi) is 4.42. The Hall–Kier alpha value is -1.14. The molecule has 1 fully saturated rings. The van der Waals surface area contributed by atoms with Crippen LogP contribution in [0.2, 0.25) is 0 Å². The summed E-state index contributed by atoms with van der Waals surface area (Å²) in [7, 11) is 0. The number of rotatable bonds is 3. The fourth-order valence-electron chi connectivity index (χ4n) is 2.59. The van der Waals surface area contributed by atoms with Crippen LogP contribution >= 0.6 is 15.9 Å². The Morgan fingerprint density at radius 1 is 1.47 bits per heavy atom. The summed E-state index contributed by atoms with van der Waals surface area (Å²) in [6, 6.07) is 5.68. The normalized spacial score (nSPS) is 20.6. The second-order valence-electron chi connectivity index (χ2n) is 4.81. The van der Waals surface area contributed by atoms with Gasteiger partial charge in [-0.3, -0.25) is 15.0 Å². The summed E-state index contributed by atoms with van der Waals surface area (Å²) in [4.78, 5) is 15.4. The van der Waals surface area contributed by atoms with Crippen LogP contribution in [-0.2, 0) is 0 Å². The van der Waals surface area contributed by atoms with Crippen molar-refractivity contribution in [3.8, 4) is 0 Å². The molecule has 0 N–H and O–H groups in total. The van der Waals surface area contributed by atoms with Gasteiger partial charge in [0, 0.05) is 36.2 Å². The van der Waals surface area contributed by atoms with Crippen molar-refractivity contribution in [3.05, 3.63) is 32.8 Å². The van der Waals surface area contributed by atoms with Crippen molar-refractivity contribution in [2.45, 2.75) is 19.9 Å². The molecule has 0 spiro atoms. The largest absolute Gasteiger partial charge is 0.363 e. The molecule has 104 valence electrons. The zero-order valence-corrected chi connectivity index (χ0v) is 12.8. The van der Waals surface area contributed by atoms with Crippen LogP contribution in [0.1, 0.15) is 13.8 Å². The van der Waals surface area contributed by atoms with Crippen LogP contribution in [0.4, 0.5) is 11.4 Å². The van der Waals surface area contributed by atoms with Gasteiger partial charge in [0.25, 0.3) is 5.69 Å². The molecule has 1 atom stereocenters. The summed E-state index contributed by atoms with van der Waals surface area (Å²) in [5.74, 6) is 0. The Bertz CT molecular complexity index is 481. The minimum atomic E-state index is -0.309. The standard InChI is InChI=1S/C13H18BrN3O2/c1-3-15-6-7-16(9-10(15)2)12-5-4-11(14)8-13(12)17(18)19/h4-5,8,10H,3,6-7,9H2,1-2H3. The summed E-state index contributed by atoms with van der Waals surface area (Å²) < 4.78 is 0.739. The van der Waals surface area contributed by atoms with E-state index in [4.69, 9.17) is 0 Å². The first kappa shape index (κ1) is 14.3. The third-order valence-corrected chi connectivity index (χ3v) is 4.14. The average molecular weight is 328 g/mol. The molecular weight excluding hydrogens is 310 g/mol. The fraction of sp³-hybridized carbons (Fsp3) is 0.538. The topological polar surface area (TPSA) is 49.6 Å². The number of piperazine rings is 1. The van der Waals surface area contributed by atoms with Crippen LogP contribution in [0, 0.1) is 10.1 Å². The maximum Gasteiger partial charge on any atom is 0.293 e. The second-order valence-corrected chi connectivity index (χ2v) is 5.73. The highest BCUT2D eigenvalue weighted by Gasteiger charge is 2.27. The number of hydrogen-bond donors (Lipinski definition) is 0. The van der Waals surface area contributed by atoms with E-state index < -0.39 is 0 Å². The quantitative estimate of drug-likeness (QED) is 0.632. The number of likely N-dealkylation sites (N-methyl/N-ethyl adjacent to an activating group) is 1. The number of halogens is 1. The molecule has 5 nitrogen and oxygen atoms in total. The van der Waals surface area contributed by atoms with Gasteiger partial charge < -0.3 is 4.90 Å². The van der Waals surface area contributed by atoms with Crippen molar-refractivity contribution >= 4 is 27.3 Å². The number of hydrogen-bond acceptors (Lipinski definition) is 4. The molecule has 0 aromatic heterocycles. The van der Waals surface area contributed by atoms with Crippen LogP contribution in [0.3, 0.4) is 0 Å². The van der Waals surface area contributed by atoms with Crippen molar-refractivity contribution in [1.29, 1.82) is 0 Å². The highest BCUT2D eigenvalue weighted by atomic mass is 79.9. The van der Waals surface area contributed by atoms with Crippen molar-refractivity contribution in [2.24, 2.45) is 0 Å². The van der Waals surface area contributed by atoms with E-state index >= 15 is 0 Å². The van der Waals surface area contributed by atoms with Crippen LogP contribution in [-0.4, -0.2) is 42.0 Å². The van der Waals surface area contributed by atoms with Gasteiger partial charge in [-0.15, -0.1) is 0 Å². The minimum Gasteiger partial charge on any atom is -0.363 e. The third-order valence-electron chi connectivity index (χ3n) is 3.65. The molecule has 1 unspecified atom stereocenters. The molecule has 1 aromatic rings. The van der Waals surface area contributed by atoms with Crippen LogP contribution in [0.5, 0.6) is 0 Å². The maximum atomic E-state index is 11.2. The van der Waals surface area contributed by atoms with Crippen molar-refractivity contribution in [1.82, 2.24) is 4.90 Å². The van der Waals surface area contributed by atoms with E-state index in [0.29, 0.717) is 6.04 Å². The first-order valence-electron chi connectivity index (χ1n) is 6.46. The summed E-state index contributed by atoms with van der Waals surface area (Å²) in [5.41, 5.74) is 0.891. The molecule has 19 heavy (non-hydrogen) atoms. The van der Waals surface area contributed by atoms with Crippen molar-refractivity contribution in [2.75, 3.05) is 31.1 Å². The smallest absolute Gasteiger partial charge is 0.293 e. The van der Waals surface area contributed by atoms with Gasteiger partial charge in [0.15, 0.2) is 0 Å². The lowest BCUT2D eigenvalue weighted by atomic mass is 10.1. The van der Waals surface area contributed by atoms with E-state index in [9.17, 15) is 10.1 Å². The number of benzene rings is 1. The first-order valence-corrected chi connectivity index (χ1v) is 7.25. The van der Waals surface area contributed by atoms with E-state index in [1.807, 2.05) is 12.1 Å². The lowest BCUT2D eigenvalue weighted by Gasteiger charge is -2.40. The Labute approximate surface area is 121 Å². The monoisotopic (exact) mass is 327 g/mol. The fourth-order valence-corrected chi connectivity index (χ4v) is 2.94. The molecule has 0 radical (unpaired) electrons. The second kappa shape index (κ2) is 5.88. The van der Waals surface area contributed by atoms with Crippen molar-refractivity contribution in [3.63, 3.8) is 0 Å². The molecule has 0 aliphatic carbocycles. The molecule has 0 bridgehead atoms. The van der Waals surface area contributed by atoms with Gasteiger partial charge >= 0.3 is 0 Å². The van der Waals surface area contributed by atoms with E-state index in [0.717, 1.165) is 36.3 Å². The zero-order valence-electron chi connectivity index (χ0n) is 11.2. The van der Waals surface area contributed by atoms with Gasteiger partial charge in [0.05, 0.1) is 4.92 Å². The SMILES string of the molecule is CCN1CCN(c2ccc(Br)cc2[N+](=O)[O-])CC1C. The average Bonchev–Trinajstić information content (AvgIpc) is 2.38. The molecule has 1 aromatic carbocycles. The Balaban J connectivity index is 2.25. The van der Waals surface area contributed by atoms with Crippen molar-refractivity contribution < 1.29 is 4.92 Å². The highest BCUT2D eigenvalue weighted by Crippen LogP contribution is 2.32. The number of nitro groups is 1. The van der Waals surface area contributed by atoms with Gasteiger partial charge in [-0.25, -0.2) is 0 Å². The van der Waals surface area contributed by atoms with E-state index in [1.165, 1.54) is 0 Å². The predicted octanol–water partition coefficient (Wildman–Crippen LogP) is 2.89. The molecule has 1 saturated heterocycles.